The minimum atomic E-state index is -0.970. The maximum Gasteiger partial charge on any atom is 0.335 e. The molecule has 0 aromatic heterocycles. The summed E-state index contributed by atoms with van der Waals surface area (Å²) >= 11 is 0. The summed E-state index contributed by atoms with van der Waals surface area (Å²) in [5.74, 6) is -0.524. The number of rotatable bonds is 18. The first-order valence-corrected chi connectivity index (χ1v) is 10.2. The third-order valence-corrected chi connectivity index (χ3v) is 4.45. The quantitative estimate of drug-likeness (QED) is 0.190. The van der Waals surface area contributed by atoms with Crippen molar-refractivity contribution in [3.8, 4) is 0 Å². The molecule has 142 valence electrons. The summed E-state index contributed by atoms with van der Waals surface area (Å²) in [4.78, 5) is 11.3. The van der Waals surface area contributed by atoms with Gasteiger partial charge in [0.2, 0.25) is 0 Å². The van der Waals surface area contributed by atoms with Gasteiger partial charge in [-0.05, 0) is 6.42 Å². The predicted octanol–water partition coefficient (Wildman–Crippen LogP) is 5.95. The lowest BCUT2D eigenvalue weighted by atomic mass is 10.0. The molecule has 0 saturated carbocycles. The summed E-state index contributed by atoms with van der Waals surface area (Å²) in [5.41, 5.74) is 0. The molecule has 0 aliphatic carbocycles. The van der Waals surface area contributed by atoms with Crippen LogP contribution in [0.3, 0.4) is 0 Å². The van der Waals surface area contributed by atoms with Crippen LogP contribution in [0.5, 0.6) is 0 Å². The minimum absolute atomic E-state index is 0.175. The van der Waals surface area contributed by atoms with Crippen molar-refractivity contribution >= 4 is 5.97 Å². The maximum absolute atomic E-state index is 11.3. The van der Waals surface area contributed by atoms with E-state index in [0.29, 0.717) is 6.42 Å². The summed E-state index contributed by atoms with van der Waals surface area (Å²) in [5, 5.41) is 9.63. The lowest BCUT2D eigenvalue weighted by molar-refractivity contribution is -0.152. The molecule has 0 aliphatic rings. The molecule has 0 rings (SSSR count). The van der Waals surface area contributed by atoms with Crippen molar-refractivity contribution in [3.05, 3.63) is 12.7 Å². The van der Waals surface area contributed by atoms with Gasteiger partial charge in [-0.2, -0.15) is 0 Å². The van der Waals surface area contributed by atoms with E-state index in [1.165, 1.54) is 83.1 Å². The summed E-state index contributed by atoms with van der Waals surface area (Å²) in [6.45, 7) is 5.91. The SMILES string of the molecule is C=CCOC(=O)C(O)CCCCCCCCCCCCCCCC. The molecule has 1 unspecified atom stereocenters. The van der Waals surface area contributed by atoms with Crippen LogP contribution in [-0.4, -0.2) is 23.8 Å². The van der Waals surface area contributed by atoms with Crippen LogP contribution in [0.25, 0.3) is 0 Å². The Morgan fingerprint density at radius 3 is 1.71 bits per heavy atom. The fraction of sp³-hybridized carbons (Fsp3) is 0.857. The molecule has 24 heavy (non-hydrogen) atoms. The molecule has 0 aromatic carbocycles. The first-order chi connectivity index (χ1) is 11.7. The molecule has 1 N–H and O–H groups in total. The number of carbonyl (C=O) groups is 1. The van der Waals surface area contributed by atoms with E-state index in [9.17, 15) is 9.90 Å². The Labute approximate surface area is 149 Å². The van der Waals surface area contributed by atoms with Gasteiger partial charge in [-0.25, -0.2) is 4.79 Å². The molecule has 1 atom stereocenters. The minimum Gasteiger partial charge on any atom is -0.460 e. The zero-order valence-electron chi connectivity index (χ0n) is 15.9. The number of ether oxygens (including phenoxy) is 1. The Hall–Kier alpha value is -0.830. The number of hydrogen-bond donors (Lipinski definition) is 1. The van der Waals surface area contributed by atoms with Crippen LogP contribution in [0.15, 0.2) is 12.7 Å². The Balaban J connectivity index is 3.19. The van der Waals surface area contributed by atoms with E-state index in [0.717, 1.165) is 12.8 Å². The summed E-state index contributed by atoms with van der Waals surface area (Å²) in [7, 11) is 0. The maximum atomic E-state index is 11.3. The molecule has 0 aliphatic heterocycles. The van der Waals surface area contributed by atoms with Crippen molar-refractivity contribution in [1.29, 1.82) is 0 Å². The molecule has 0 radical (unpaired) electrons. The van der Waals surface area contributed by atoms with Gasteiger partial charge >= 0.3 is 5.97 Å². The molecular weight excluding hydrogens is 300 g/mol. The van der Waals surface area contributed by atoms with Crippen LogP contribution in [0.4, 0.5) is 0 Å². The Bertz CT molecular complexity index is 289. The Morgan fingerprint density at radius 2 is 1.29 bits per heavy atom. The summed E-state index contributed by atoms with van der Waals surface area (Å²) in [6.07, 6.45) is 19.3. The normalized spacial score (nSPS) is 12.1. The van der Waals surface area contributed by atoms with Crippen molar-refractivity contribution in [2.75, 3.05) is 6.61 Å². The van der Waals surface area contributed by atoms with E-state index in [1.807, 2.05) is 0 Å². The highest BCUT2D eigenvalue weighted by molar-refractivity contribution is 5.74. The van der Waals surface area contributed by atoms with Gasteiger partial charge in [0.25, 0.3) is 0 Å². The van der Waals surface area contributed by atoms with Gasteiger partial charge in [0.1, 0.15) is 6.61 Å². The average Bonchev–Trinajstić information content (AvgIpc) is 2.59. The zero-order valence-corrected chi connectivity index (χ0v) is 15.9. The number of esters is 1. The van der Waals surface area contributed by atoms with E-state index in [1.54, 1.807) is 0 Å². The molecule has 0 amide bonds. The van der Waals surface area contributed by atoms with Gasteiger partial charge in [-0.15, -0.1) is 0 Å². The molecule has 0 fully saturated rings. The lowest BCUT2D eigenvalue weighted by Crippen LogP contribution is -2.22. The number of aliphatic hydroxyl groups is 1. The van der Waals surface area contributed by atoms with Crippen molar-refractivity contribution in [3.63, 3.8) is 0 Å². The van der Waals surface area contributed by atoms with Crippen LogP contribution in [0.2, 0.25) is 0 Å². The van der Waals surface area contributed by atoms with Gasteiger partial charge in [0, 0.05) is 0 Å². The van der Waals surface area contributed by atoms with Crippen molar-refractivity contribution in [2.45, 2.75) is 109 Å². The number of carbonyl (C=O) groups excluding carboxylic acids is 1. The van der Waals surface area contributed by atoms with Gasteiger partial charge in [-0.3, -0.25) is 0 Å². The molecule has 0 heterocycles. The topological polar surface area (TPSA) is 46.5 Å². The monoisotopic (exact) mass is 340 g/mol. The second-order valence-electron chi connectivity index (χ2n) is 6.82. The highest BCUT2D eigenvalue weighted by Crippen LogP contribution is 2.13. The van der Waals surface area contributed by atoms with Gasteiger partial charge in [-0.1, -0.05) is 109 Å². The van der Waals surface area contributed by atoms with Crippen LogP contribution in [-0.2, 0) is 9.53 Å². The average molecular weight is 341 g/mol. The van der Waals surface area contributed by atoms with Crippen molar-refractivity contribution < 1.29 is 14.6 Å². The second kappa shape index (κ2) is 18.5. The van der Waals surface area contributed by atoms with Crippen molar-refractivity contribution in [1.82, 2.24) is 0 Å². The van der Waals surface area contributed by atoms with Gasteiger partial charge < -0.3 is 9.84 Å². The molecular formula is C21H40O3. The van der Waals surface area contributed by atoms with E-state index >= 15 is 0 Å². The van der Waals surface area contributed by atoms with Crippen LogP contribution in [0.1, 0.15) is 103 Å². The standard InChI is InChI=1S/C21H40O3/c1-3-5-6-7-8-9-10-11-12-13-14-15-16-17-18-20(22)21(23)24-19-4-2/h4,20,22H,2-3,5-19H2,1H3. The van der Waals surface area contributed by atoms with Gasteiger partial charge in [0.15, 0.2) is 6.10 Å². The molecule has 3 nitrogen and oxygen atoms in total. The fourth-order valence-corrected chi connectivity index (χ4v) is 2.89. The van der Waals surface area contributed by atoms with Gasteiger partial charge in [0.05, 0.1) is 0 Å². The third-order valence-electron chi connectivity index (χ3n) is 4.45. The van der Waals surface area contributed by atoms with Crippen LogP contribution >= 0.6 is 0 Å². The molecule has 0 bridgehead atoms. The van der Waals surface area contributed by atoms with Crippen LogP contribution < -0.4 is 0 Å². The van der Waals surface area contributed by atoms with Crippen molar-refractivity contribution in [2.24, 2.45) is 0 Å². The van der Waals surface area contributed by atoms with E-state index in [-0.39, 0.29) is 6.61 Å². The lowest BCUT2D eigenvalue weighted by Gasteiger charge is -2.09. The van der Waals surface area contributed by atoms with E-state index < -0.39 is 12.1 Å². The Morgan fingerprint density at radius 1 is 0.875 bits per heavy atom. The number of hydrogen-bond acceptors (Lipinski definition) is 3. The second-order valence-corrected chi connectivity index (χ2v) is 6.82. The zero-order chi connectivity index (χ0) is 17.9. The van der Waals surface area contributed by atoms with E-state index in [4.69, 9.17) is 4.74 Å². The number of aliphatic hydroxyl groups excluding tert-OH is 1. The molecule has 0 saturated heterocycles. The smallest absolute Gasteiger partial charge is 0.335 e. The molecule has 3 heteroatoms. The molecule has 0 aromatic rings. The first kappa shape index (κ1) is 23.2. The van der Waals surface area contributed by atoms with E-state index in [2.05, 4.69) is 13.5 Å². The largest absolute Gasteiger partial charge is 0.460 e. The fourth-order valence-electron chi connectivity index (χ4n) is 2.89. The predicted molar refractivity (Wildman–Crippen MR) is 102 cm³/mol. The third kappa shape index (κ3) is 16.0. The van der Waals surface area contributed by atoms with Crippen LogP contribution in [0, 0.1) is 0 Å². The number of unbranched alkanes of at least 4 members (excludes halogenated alkanes) is 13. The summed E-state index contributed by atoms with van der Waals surface area (Å²) in [6, 6.07) is 0. The Kier molecular flexibility index (Phi) is 17.9. The molecule has 0 spiro atoms. The highest BCUT2D eigenvalue weighted by Gasteiger charge is 2.15. The summed E-state index contributed by atoms with van der Waals surface area (Å²) < 4.78 is 4.82. The highest BCUT2D eigenvalue weighted by atomic mass is 16.5. The first-order valence-electron chi connectivity index (χ1n) is 10.2.